The number of nitrogens with zero attached hydrogens (tertiary/aromatic N) is 2. The van der Waals surface area contributed by atoms with E-state index in [1.165, 1.54) is 12.1 Å². The van der Waals surface area contributed by atoms with Crippen LogP contribution in [0.3, 0.4) is 0 Å². The first-order valence-electron chi connectivity index (χ1n) is 2.65. The van der Waals surface area contributed by atoms with Crippen molar-refractivity contribution in [3.05, 3.63) is 32.2 Å². The average Bonchev–Trinajstić information content (AvgIpc) is 1.97. The second-order valence-electron chi connectivity index (χ2n) is 1.82. The van der Waals surface area contributed by atoms with Crippen molar-refractivity contribution >= 4 is 40.5 Å². The van der Waals surface area contributed by atoms with Gasteiger partial charge in [-0.15, -0.1) is 0 Å². The lowest BCUT2D eigenvalue weighted by Crippen LogP contribution is -3.00. The van der Waals surface area contributed by atoms with Crippen molar-refractivity contribution in [2.24, 2.45) is 0 Å². The molecule has 1 aromatic carbocycles. The van der Waals surface area contributed by atoms with Crippen molar-refractivity contribution in [1.29, 1.82) is 5.39 Å². The number of benzene rings is 1. The molecule has 0 aliphatic heterocycles. The third-order valence-electron chi connectivity index (χ3n) is 1.10. The highest BCUT2D eigenvalue weighted by Crippen LogP contribution is 2.33. The van der Waals surface area contributed by atoms with E-state index in [-0.39, 0.29) is 23.1 Å². The fraction of sp³-hybridized carbons (Fsp3) is 0. The molecule has 1 aromatic rings. The van der Waals surface area contributed by atoms with Gasteiger partial charge >= 0.3 is 5.69 Å². The molecule has 0 radical (unpaired) electrons. The van der Waals surface area contributed by atoms with Crippen molar-refractivity contribution in [2.45, 2.75) is 0 Å². The van der Waals surface area contributed by atoms with Crippen LogP contribution in [-0.4, -0.2) is 0 Å². The van der Waals surface area contributed by atoms with E-state index < -0.39 is 0 Å². The van der Waals surface area contributed by atoms with Crippen LogP contribution in [-0.2, 0) is 0 Å². The van der Waals surface area contributed by atoms with Gasteiger partial charge in [-0.05, 0) is 6.07 Å². The van der Waals surface area contributed by atoms with Crippen LogP contribution in [0.2, 0.25) is 15.1 Å². The second kappa shape index (κ2) is 4.74. The highest BCUT2D eigenvalue weighted by molar-refractivity contribution is 6.44. The summed E-state index contributed by atoms with van der Waals surface area (Å²) in [6.45, 7) is 0. The highest BCUT2D eigenvalue weighted by atomic mass is 35.5. The monoisotopic (exact) mass is 242 g/mol. The van der Waals surface area contributed by atoms with Crippen LogP contribution < -0.4 is 12.4 Å². The van der Waals surface area contributed by atoms with Crippen LogP contribution in [0.1, 0.15) is 0 Å². The highest BCUT2D eigenvalue weighted by Gasteiger charge is 2.14. The summed E-state index contributed by atoms with van der Waals surface area (Å²) in [6, 6.07) is 2.80. The summed E-state index contributed by atoms with van der Waals surface area (Å²) in [6.07, 6.45) is 0. The summed E-state index contributed by atoms with van der Waals surface area (Å²) in [5, 5.41) is 9.28. The number of hydrogen-bond donors (Lipinski definition) is 0. The summed E-state index contributed by atoms with van der Waals surface area (Å²) in [7, 11) is 0. The van der Waals surface area contributed by atoms with Gasteiger partial charge in [-0.25, -0.2) is 0 Å². The molecule has 0 saturated heterocycles. The minimum atomic E-state index is 0. The number of rotatable bonds is 0. The Morgan fingerprint density at radius 3 is 2.00 bits per heavy atom. The first-order chi connectivity index (χ1) is 5.15. The summed E-state index contributed by atoms with van der Waals surface area (Å²) in [5.74, 6) is 0. The van der Waals surface area contributed by atoms with Gasteiger partial charge in [0, 0.05) is 0 Å². The minimum absolute atomic E-state index is 0. The topological polar surface area (TPSA) is 28.1 Å². The largest absolute Gasteiger partial charge is 1.00 e. The van der Waals surface area contributed by atoms with Crippen molar-refractivity contribution in [2.75, 3.05) is 0 Å². The van der Waals surface area contributed by atoms with E-state index in [9.17, 15) is 0 Å². The van der Waals surface area contributed by atoms with E-state index >= 15 is 0 Å². The Hall–Kier alpha value is -0.200. The van der Waals surface area contributed by atoms with Crippen molar-refractivity contribution < 1.29 is 12.4 Å². The molecule has 0 unspecified atom stereocenters. The fourth-order valence-corrected chi connectivity index (χ4v) is 1.17. The smallest absolute Gasteiger partial charge is 0.404 e. The van der Waals surface area contributed by atoms with Crippen LogP contribution in [0.4, 0.5) is 5.69 Å². The molecule has 64 valence electrons. The van der Waals surface area contributed by atoms with E-state index in [0.29, 0.717) is 10.0 Å². The van der Waals surface area contributed by atoms with E-state index in [0.717, 1.165) is 0 Å². The number of diazo groups is 1. The van der Waals surface area contributed by atoms with Gasteiger partial charge in [0.15, 0.2) is 4.98 Å². The molecule has 1 rings (SSSR count). The summed E-state index contributed by atoms with van der Waals surface area (Å²) in [5.41, 5.74) is 0.209. The third-order valence-corrected chi connectivity index (χ3v) is 2.12. The molecule has 0 heterocycles. The Bertz CT molecular complexity index is 331. The molecule has 12 heavy (non-hydrogen) atoms. The number of hydrogen-bond acceptors (Lipinski definition) is 1. The molecular formula is C6H2Cl4N2. The van der Waals surface area contributed by atoms with Crippen LogP contribution in [0.5, 0.6) is 0 Å². The summed E-state index contributed by atoms with van der Waals surface area (Å²) in [4.78, 5) is 2.90. The Morgan fingerprint density at radius 2 is 1.50 bits per heavy atom. The molecule has 0 saturated carbocycles. The van der Waals surface area contributed by atoms with Crippen molar-refractivity contribution in [3.8, 4) is 0 Å². The normalized spacial score (nSPS) is 8.50. The van der Waals surface area contributed by atoms with Gasteiger partial charge in [0.25, 0.3) is 0 Å². The van der Waals surface area contributed by atoms with Gasteiger partial charge in [-0.3, -0.25) is 0 Å². The van der Waals surface area contributed by atoms with E-state index in [1.807, 2.05) is 0 Å². The van der Waals surface area contributed by atoms with E-state index in [4.69, 9.17) is 40.2 Å². The third kappa shape index (κ3) is 2.40. The quantitative estimate of drug-likeness (QED) is 0.496. The van der Waals surface area contributed by atoms with Crippen molar-refractivity contribution in [3.63, 3.8) is 0 Å². The van der Waals surface area contributed by atoms with E-state index in [1.54, 1.807) is 0 Å². The van der Waals surface area contributed by atoms with Crippen LogP contribution >= 0.6 is 34.8 Å². The zero-order chi connectivity index (χ0) is 8.43. The Labute approximate surface area is 90.5 Å². The predicted molar refractivity (Wildman–Crippen MR) is 46.2 cm³/mol. The van der Waals surface area contributed by atoms with Gasteiger partial charge in [0.05, 0.1) is 16.1 Å². The van der Waals surface area contributed by atoms with Gasteiger partial charge in [0.2, 0.25) is 5.39 Å². The van der Waals surface area contributed by atoms with Crippen LogP contribution in [0, 0.1) is 5.39 Å². The lowest BCUT2D eigenvalue weighted by molar-refractivity contribution is -0.00000217. The Balaban J connectivity index is 0.00000121. The van der Waals surface area contributed by atoms with Crippen LogP contribution in [0.25, 0.3) is 4.98 Å². The standard InChI is InChI=1S/C6H2Cl3N2.ClH/c7-3-1-5(9)6(11-10)2-4(3)8;/h1-2H;1H/q+1;/p-1. The van der Waals surface area contributed by atoms with Gasteiger partial charge in [0.1, 0.15) is 5.02 Å². The lowest BCUT2D eigenvalue weighted by atomic mass is 10.3. The zero-order valence-corrected chi connectivity index (χ0v) is 8.58. The molecular weight excluding hydrogens is 242 g/mol. The maximum atomic E-state index is 8.37. The fourth-order valence-electron chi connectivity index (χ4n) is 0.589. The molecule has 0 N–H and O–H groups in total. The molecule has 0 aliphatic rings. The number of halogens is 4. The molecule has 0 atom stereocenters. The van der Waals surface area contributed by atoms with Gasteiger partial charge < -0.3 is 12.4 Å². The van der Waals surface area contributed by atoms with Crippen molar-refractivity contribution in [1.82, 2.24) is 0 Å². The first kappa shape index (κ1) is 11.8. The summed E-state index contributed by atoms with van der Waals surface area (Å²) >= 11 is 16.8. The first-order valence-corrected chi connectivity index (χ1v) is 3.78. The zero-order valence-electron chi connectivity index (χ0n) is 5.56. The molecule has 0 fully saturated rings. The summed E-state index contributed by atoms with van der Waals surface area (Å²) < 4.78 is 0. The molecule has 2 nitrogen and oxygen atoms in total. The molecule has 0 aromatic heterocycles. The van der Waals surface area contributed by atoms with Gasteiger partial charge in [-0.2, -0.15) is 0 Å². The maximum Gasteiger partial charge on any atom is 0.404 e. The molecule has 0 spiro atoms. The Kier molecular flexibility index (Phi) is 4.66. The SMILES string of the molecule is N#[N+]c1cc(Cl)c(Cl)cc1Cl.[Cl-]. The molecule has 0 bridgehead atoms. The average molecular weight is 244 g/mol. The maximum absolute atomic E-state index is 8.37. The van der Waals surface area contributed by atoms with Crippen LogP contribution in [0.15, 0.2) is 12.1 Å². The predicted octanol–water partition coefficient (Wildman–Crippen LogP) is 1.14. The van der Waals surface area contributed by atoms with E-state index in [2.05, 4.69) is 4.98 Å². The molecule has 0 amide bonds. The van der Waals surface area contributed by atoms with Gasteiger partial charge in [-0.1, -0.05) is 34.8 Å². The molecule has 6 heteroatoms. The minimum Gasteiger partial charge on any atom is -1.00 e. The molecule has 0 aliphatic carbocycles. The second-order valence-corrected chi connectivity index (χ2v) is 3.04. The Morgan fingerprint density at radius 1 is 1.00 bits per heavy atom. The lowest BCUT2D eigenvalue weighted by Gasteiger charge is -1.90.